The molecule has 0 unspecified atom stereocenters. The third kappa shape index (κ3) is 3.21. The quantitative estimate of drug-likeness (QED) is 0.527. The predicted molar refractivity (Wildman–Crippen MR) is 83.6 cm³/mol. The van der Waals surface area contributed by atoms with Crippen LogP contribution in [0.2, 0.25) is 0 Å². The standard InChI is InChI=1S/C17H20N2O2/c1-5-10-19-15(20)14(18-16(19)21)11-12-6-8-13(9-7-12)17(2,3)4/h5-9,11H,1,10H2,2-4H3,(H,18,21)/b14-11+. The summed E-state index contributed by atoms with van der Waals surface area (Å²) in [5.74, 6) is -0.320. The maximum absolute atomic E-state index is 12.1. The lowest BCUT2D eigenvalue weighted by atomic mass is 9.87. The molecule has 1 aromatic carbocycles. The zero-order chi connectivity index (χ0) is 15.6. The van der Waals surface area contributed by atoms with Gasteiger partial charge in [-0.1, -0.05) is 51.1 Å². The van der Waals surface area contributed by atoms with Crippen LogP contribution in [0, 0.1) is 0 Å². The van der Waals surface area contributed by atoms with Crippen molar-refractivity contribution in [3.8, 4) is 0 Å². The number of hydrogen-bond donors (Lipinski definition) is 1. The normalized spacial score (nSPS) is 17.3. The highest BCUT2D eigenvalue weighted by Crippen LogP contribution is 2.23. The van der Waals surface area contributed by atoms with Gasteiger partial charge >= 0.3 is 6.03 Å². The molecule has 1 aliphatic rings. The third-order valence-electron chi connectivity index (χ3n) is 3.36. The number of urea groups is 1. The highest BCUT2D eigenvalue weighted by Gasteiger charge is 2.32. The molecule has 0 radical (unpaired) electrons. The zero-order valence-electron chi connectivity index (χ0n) is 12.6. The number of hydrogen-bond acceptors (Lipinski definition) is 2. The molecule has 3 amide bonds. The Morgan fingerprint density at radius 2 is 1.81 bits per heavy atom. The Morgan fingerprint density at radius 3 is 2.33 bits per heavy atom. The van der Waals surface area contributed by atoms with Crippen LogP contribution in [0.5, 0.6) is 0 Å². The number of rotatable bonds is 3. The number of amides is 3. The average Bonchev–Trinajstić information content (AvgIpc) is 2.66. The number of carbonyl (C=O) groups excluding carboxylic acids is 2. The van der Waals surface area contributed by atoms with Crippen molar-refractivity contribution in [1.29, 1.82) is 0 Å². The van der Waals surface area contributed by atoms with E-state index < -0.39 is 6.03 Å². The van der Waals surface area contributed by atoms with Crippen LogP contribution in [0.1, 0.15) is 31.9 Å². The first-order chi connectivity index (χ1) is 9.82. The third-order valence-corrected chi connectivity index (χ3v) is 3.36. The molecule has 1 saturated heterocycles. The highest BCUT2D eigenvalue weighted by molar-refractivity contribution is 6.14. The first kappa shape index (κ1) is 15.0. The number of nitrogens with zero attached hydrogens (tertiary/aromatic N) is 1. The fourth-order valence-corrected chi connectivity index (χ4v) is 2.11. The van der Waals surface area contributed by atoms with Crippen molar-refractivity contribution >= 4 is 18.0 Å². The summed E-state index contributed by atoms with van der Waals surface area (Å²) < 4.78 is 0. The summed E-state index contributed by atoms with van der Waals surface area (Å²) >= 11 is 0. The number of carbonyl (C=O) groups is 2. The molecule has 0 aromatic heterocycles. The monoisotopic (exact) mass is 284 g/mol. The minimum Gasteiger partial charge on any atom is -0.303 e. The Balaban J connectivity index is 2.23. The summed E-state index contributed by atoms with van der Waals surface area (Å²) in [6, 6.07) is 7.56. The molecule has 1 aliphatic heterocycles. The minimum atomic E-state index is -0.405. The van der Waals surface area contributed by atoms with E-state index in [1.807, 2.05) is 24.3 Å². The van der Waals surface area contributed by atoms with Gasteiger partial charge in [0.25, 0.3) is 5.91 Å². The van der Waals surface area contributed by atoms with E-state index in [0.717, 1.165) is 10.5 Å². The average molecular weight is 284 g/mol. The van der Waals surface area contributed by atoms with E-state index in [1.165, 1.54) is 11.6 Å². The van der Waals surface area contributed by atoms with Crippen LogP contribution in [-0.4, -0.2) is 23.4 Å². The summed E-state index contributed by atoms with van der Waals surface area (Å²) in [6.45, 7) is 10.2. The summed E-state index contributed by atoms with van der Waals surface area (Å²) in [6.07, 6.45) is 3.22. The number of benzene rings is 1. The van der Waals surface area contributed by atoms with E-state index in [2.05, 4.69) is 32.7 Å². The van der Waals surface area contributed by atoms with Gasteiger partial charge in [-0.3, -0.25) is 9.69 Å². The smallest absolute Gasteiger partial charge is 0.303 e. The van der Waals surface area contributed by atoms with Crippen LogP contribution in [-0.2, 0) is 10.2 Å². The van der Waals surface area contributed by atoms with Crippen LogP contribution in [0.25, 0.3) is 6.08 Å². The van der Waals surface area contributed by atoms with Crippen molar-refractivity contribution in [2.75, 3.05) is 6.54 Å². The molecule has 1 fully saturated rings. The van der Waals surface area contributed by atoms with Crippen LogP contribution >= 0.6 is 0 Å². The van der Waals surface area contributed by atoms with E-state index in [-0.39, 0.29) is 17.9 Å². The molecule has 2 rings (SSSR count). The second-order valence-corrected chi connectivity index (χ2v) is 6.06. The van der Waals surface area contributed by atoms with Crippen molar-refractivity contribution in [2.45, 2.75) is 26.2 Å². The van der Waals surface area contributed by atoms with Gasteiger partial charge in [-0.25, -0.2) is 4.79 Å². The fraction of sp³-hybridized carbons (Fsp3) is 0.294. The van der Waals surface area contributed by atoms with Gasteiger partial charge < -0.3 is 5.32 Å². The first-order valence-electron chi connectivity index (χ1n) is 6.89. The van der Waals surface area contributed by atoms with Gasteiger partial charge in [0.2, 0.25) is 0 Å². The lowest BCUT2D eigenvalue weighted by molar-refractivity contribution is -0.122. The first-order valence-corrected chi connectivity index (χ1v) is 6.89. The SMILES string of the molecule is C=CCN1C(=O)N/C(=C/c2ccc(C(C)(C)C)cc2)C1=O. The van der Waals surface area contributed by atoms with Crippen LogP contribution < -0.4 is 5.32 Å². The zero-order valence-corrected chi connectivity index (χ0v) is 12.6. The van der Waals surface area contributed by atoms with Crippen molar-refractivity contribution in [3.05, 3.63) is 53.7 Å². The molecule has 21 heavy (non-hydrogen) atoms. The Labute approximate surface area is 125 Å². The summed E-state index contributed by atoms with van der Waals surface area (Å²) in [5.41, 5.74) is 2.49. The Morgan fingerprint density at radius 1 is 1.19 bits per heavy atom. The predicted octanol–water partition coefficient (Wildman–Crippen LogP) is 3.06. The molecule has 4 heteroatoms. The summed E-state index contributed by atoms with van der Waals surface area (Å²) in [4.78, 5) is 24.9. The molecule has 0 bridgehead atoms. The molecular weight excluding hydrogens is 264 g/mol. The maximum Gasteiger partial charge on any atom is 0.329 e. The van der Waals surface area contributed by atoms with E-state index >= 15 is 0 Å². The van der Waals surface area contributed by atoms with Gasteiger partial charge in [-0.15, -0.1) is 6.58 Å². The largest absolute Gasteiger partial charge is 0.329 e. The van der Waals surface area contributed by atoms with Crippen LogP contribution in [0.3, 0.4) is 0 Å². The molecule has 1 N–H and O–H groups in total. The Hall–Kier alpha value is -2.36. The Kier molecular flexibility index (Phi) is 3.98. The highest BCUT2D eigenvalue weighted by atomic mass is 16.2. The van der Waals surface area contributed by atoms with Gasteiger partial charge in [0.05, 0.1) is 0 Å². The Bertz CT molecular complexity index is 607. The molecule has 1 aromatic rings. The van der Waals surface area contributed by atoms with Crippen LogP contribution in [0.4, 0.5) is 4.79 Å². The van der Waals surface area contributed by atoms with Crippen molar-refractivity contribution < 1.29 is 9.59 Å². The van der Waals surface area contributed by atoms with Crippen LogP contribution in [0.15, 0.2) is 42.6 Å². The maximum atomic E-state index is 12.1. The number of imide groups is 1. The molecule has 0 spiro atoms. The molecular formula is C17H20N2O2. The lowest BCUT2D eigenvalue weighted by Crippen LogP contribution is -2.30. The topological polar surface area (TPSA) is 49.4 Å². The van der Waals surface area contributed by atoms with Crippen molar-refractivity contribution in [3.63, 3.8) is 0 Å². The second kappa shape index (κ2) is 5.56. The summed E-state index contributed by atoms with van der Waals surface area (Å²) in [5, 5.41) is 2.58. The molecule has 4 nitrogen and oxygen atoms in total. The van der Waals surface area contributed by atoms with Crippen molar-refractivity contribution in [2.24, 2.45) is 0 Å². The minimum absolute atomic E-state index is 0.0871. The molecule has 0 saturated carbocycles. The van der Waals surface area contributed by atoms with Gasteiger partial charge in [-0.2, -0.15) is 0 Å². The lowest BCUT2D eigenvalue weighted by Gasteiger charge is -2.18. The van der Waals surface area contributed by atoms with E-state index in [4.69, 9.17) is 0 Å². The van der Waals surface area contributed by atoms with Gasteiger partial charge in [0.15, 0.2) is 0 Å². The molecule has 1 heterocycles. The van der Waals surface area contributed by atoms with Gasteiger partial charge in [-0.05, 0) is 22.6 Å². The van der Waals surface area contributed by atoms with E-state index in [1.54, 1.807) is 6.08 Å². The second-order valence-electron chi connectivity index (χ2n) is 6.06. The summed E-state index contributed by atoms with van der Waals surface area (Å²) in [7, 11) is 0. The van der Waals surface area contributed by atoms with E-state index in [9.17, 15) is 9.59 Å². The van der Waals surface area contributed by atoms with Gasteiger partial charge in [0, 0.05) is 6.54 Å². The van der Waals surface area contributed by atoms with Gasteiger partial charge in [0.1, 0.15) is 5.70 Å². The molecule has 0 aliphatic carbocycles. The number of nitrogens with one attached hydrogen (secondary N) is 1. The molecule has 0 atom stereocenters. The van der Waals surface area contributed by atoms with E-state index in [0.29, 0.717) is 5.70 Å². The van der Waals surface area contributed by atoms with Crippen molar-refractivity contribution in [1.82, 2.24) is 10.2 Å². The fourth-order valence-electron chi connectivity index (χ4n) is 2.11. The molecule has 110 valence electrons.